The number of halogens is 1. The number of pyridine rings is 1. The van der Waals surface area contributed by atoms with Crippen LogP contribution in [0.15, 0.2) is 67.1 Å². The van der Waals surface area contributed by atoms with Crippen LogP contribution < -0.4 is 4.74 Å². The van der Waals surface area contributed by atoms with Gasteiger partial charge in [-0.3, -0.25) is 9.78 Å². The van der Waals surface area contributed by atoms with Gasteiger partial charge in [0, 0.05) is 17.6 Å². The summed E-state index contributed by atoms with van der Waals surface area (Å²) in [4.78, 5) is 20.9. The van der Waals surface area contributed by atoms with Crippen LogP contribution in [0.1, 0.15) is 30.1 Å². The molecule has 1 aliphatic heterocycles. The van der Waals surface area contributed by atoms with Crippen molar-refractivity contribution in [2.24, 2.45) is 0 Å². The van der Waals surface area contributed by atoms with Gasteiger partial charge in [-0.2, -0.15) is 15.0 Å². The first kappa shape index (κ1) is 20.1. The van der Waals surface area contributed by atoms with E-state index in [1.165, 1.54) is 10.9 Å². The minimum Gasteiger partial charge on any atom is -0.488 e. The number of aromatic nitrogens is 4. The molecule has 0 bridgehead atoms. The lowest BCUT2D eigenvalue weighted by Gasteiger charge is -2.38. The van der Waals surface area contributed by atoms with Gasteiger partial charge < -0.3 is 9.64 Å². The van der Waals surface area contributed by atoms with E-state index >= 15 is 0 Å². The van der Waals surface area contributed by atoms with E-state index in [1.807, 2.05) is 30.0 Å². The molecule has 1 amide bonds. The Balaban J connectivity index is 1.41. The predicted octanol–water partition coefficient (Wildman–Crippen LogP) is 4.03. The van der Waals surface area contributed by atoms with E-state index in [2.05, 4.69) is 15.2 Å². The van der Waals surface area contributed by atoms with Gasteiger partial charge in [0.2, 0.25) is 0 Å². The summed E-state index contributed by atoms with van der Waals surface area (Å²) in [7, 11) is 0. The molecule has 162 valence electrons. The van der Waals surface area contributed by atoms with Gasteiger partial charge in [-0.15, -0.1) is 0 Å². The number of piperidine rings is 1. The maximum absolute atomic E-state index is 14.1. The summed E-state index contributed by atoms with van der Waals surface area (Å²) < 4.78 is 20.4. The molecule has 1 aliphatic rings. The number of hydrogen-bond donors (Lipinski definition) is 0. The van der Waals surface area contributed by atoms with Crippen LogP contribution in [0.3, 0.4) is 0 Å². The highest BCUT2D eigenvalue weighted by molar-refractivity contribution is 5.98. The van der Waals surface area contributed by atoms with Crippen LogP contribution in [0.25, 0.3) is 16.6 Å². The van der Waals surface area contributed by atoms with Gasteiger partial charge in [-0.25, -0.2) is 4.39 Å². The third-order valence-corrected chi connectivity index (χ3v) is 5.84. The topological polar surface area (TPSA) is 73.1 Å². The molecular formula is C24H22FN5O2. The second-order valence-electron chi connectivity index (χ2n) is 7.90. The maximum atomic E-state index is 14.1. The fourth-order valence-corrected chi connectivity index (χ4v) is 4.17. The highest BCUT2D eigenvalue weighted by Crippen LogP contribution is 2.30. The van der Waals surface area contributed by atoms with E-state index in [4.69, 9.17) is 4.74 Å². The molecule has 0 spiro atoms. The molecule has 1 saturated heterocycles. The van der Waals surface area contributed by atoms with Crippen molar-refractivity contribution in [3.63, 3.8) is 0 Å². The van der Waals surface area contributed by atoms with E-state index in [0.29, 0.717) is 28.9 Å². The fraction of sp³-hybridized carbons (Fsp3) is 0.250. The molecule has 0 unspecified atom stereocenters. The van der Waals surface area contributed by atoms with Gasteiger partial charge in [-0.05, 0) is 50.1 Å². The summed E-state index contributed by atoms with van der Waals surface area (Å²) in [6, 6.07) is 13.9. The monoisotopic (exact) mass is 431 g/mol. The summed E-state index contributed by atoms with van der Waals surface area (Å²) in [6.07, 6.45) is 6.09. The van der Waals surface area contributed by atoms with Gasteiger partial charge in [-0.1, -0.05) is 18.2 Å². The number of fused-ring (bicyclic) bond motifs is 1. The zero-order chi connectivity index (χ0) is 22.1. The Hall–Kier alpha value is -3.81. The summed E-state index contributed by atoms with van der Waals surface area (Å²) in [6.45, 7) is 2.47. The molecule has 0 N–H and O–H groups in total. The van der Waals surface area contributed by atoms with Crippen LogP contribution in [-0.2, 0) is 0 Å². The lowest BCUT2D eigenvalue weighted by atomic mass is 9.99. The standard InChI is InChI=1S/C24H22FN5O2/c1-16-9-10-17(32-22-11-12-26-23-19(22)6-4-7-20(23)25)15-29(16)24(31)18-5-2-3-8-21(18)30-27-13-14-28-30/h2-8,11-14,16-17H,9-10,15H2,1H3/t16-,17-/m0/s1. The molecule has 2 aromatic heterocycles. The first-order valence-corrected chi connectivity index (χ1v) is 10.6. The average molecular weight is 431 g/mol. The number of amides is 1. The predicted molar refractivity (Wildman–Crippen MR) is 117 cm³/mol. The number of likely N-dealkylation sites (tertiary alicyclic amines) is 1. The number of ether oxygens (including phenoxy) is 1. The zero-order valence-corrected chi connectivity index (χ0v) is 17.6. The van der Waals surface area contributed by atoms with Crippen molar-refractivity contribution < 1.29 is 13.9 Å². The molecule has 5 rings (SSSR count). The Morgan fingerprint density at radius 1 is 1.03 bits per heavy atom. The minimum atomic E-state index is -0.383. The van der Waals surface area contributed by atoms with Crippen LogP contribution in [0.4, 0.5) is 4.39 Å². The van der Waals surface area contributed by atoms with Crippen LogP contribution >= 0.6 is 0 Å². The molecule has 2 aromatic carbocycles. The van der Waals surface area contributed by atoms with Crippen molar-refractivity contribution in [1.82, 2.24) is 24.9 Å². The Morgan fingerprint density at radius 2 is 1.84 bits per heavy atom. The smallest absolute Gasteiger partial charge is 0.256 e. The van der Waals surface area contributed by atoms with Crippen molar-refractivity contribution in [3.05, 3.63) is 78.5 Å². The third-order valence-electron chi connectivity index (χ3n) is 5.84. The minimum absolute atomic E-state index is 0.0626. The molecule has 32 heavy (non-hydrogen) atoms. The Morgan fingerprint density at radius 3 is 2.69 bits per heavy atom. The van der Waals surface area contributed by atoms with E-state index in [-0.39, 0.29) is 29.4 Å². The van der Waals surface area contributed by atoms with E-state index in [1.54, 1.807) is 42.9 Å². The normalized spacial score (nSPS) is 18.6. The molecule has 0 aliphatic carbocycles. The summed E-state index contributed by atoms with van der Waals surface area (Å²) in [5, 5.41) is 8.97. The van der Waals surface area contributed by atoms with Crippen LogP contribution in [0, 0.1) is 5.82 Å². The van der Waals surface area contributed by atoms with Crippen molar-refractivity contribution in [2.75, 3.05) is 6.54 Å². The van der Waals surface area contributed by atoms with Gasteiger partial charge in [0.25, 0.3) is 5.91 Å². The zero-order valence-electron chi connectivity index (χ0n) is 17.6. The molecule has 2 atom stereocenters. The highest BCUT2D eigenvalue weighted by atomic mass is 19.1. The number of nitrogens with zero attached hydrogens (tertiary/aromatic N) is 5. The Bertz CT molecular complexity index is 1260. The van der Waals surface area contributed by atoms with Crippen molar-refractivity contribution in [3.8, 4) is 11.4 Å². The lowest BCUT2D eigenvalue weighted by molar-refractivity contribution is 0.0388. The fourth-order valence-electron chi connectivity index (χ4n) is 4.17. The number of rotatable bonds is 4. The molecule has 0 radical (unpaired) electrons. The SMILES string of the molecule is C[C@H]1CC[C@H](Oc2ccnc3c(F)cccc23)CN1C(=O)c1ccccc1-n1nccn1. The number of carbonyl (C=O) groups is 1. The maximum Gasteiger partial charge on any atom is 0.256 e. The number of hydrogen-bond acceptors (Lipinski definition) is 5. The quantitative estimate of drug-likeness (QED) is 0.488. The molecule has 1 fully saturated rings. The third kappa shape index (κ3) is 3.68. The van der Waals surface area contributed by atoms with Gasteiger partial charge >= 0.3 is 0 Å². The molecule has 8 heteroatoms. The summed E-state index contributed by atoms with van der Waals surface area (Å²) in [5.74, 6) is 0.0952. The van der Waals surface area contributed by atoms with E-state index in [0.717, 1.165) is 12.8 Å². The largest absolute Gasteiger partial charge is 0.488 e. The van der Waals surface area contributed by atoms with Crippen molar-refractivity contribution >= 4 is 16.8 Å². The number of benzene rings is 2. The second kappa shape index (κ2) is 8.37. The van der Waals surface area contributed by atoms with Crippen molar-refractivity contribution in [1.29, 1.82) is 0 Å². The van der Waals surface area contributed by atoms with Gasteiger partial charge in [0.1, 0.15) is 23.2 Å². The highest BCUT2D eigenvalue weighted by Gasteiger charge is 2.32. The average Bonchev–Trinajstić information content (AvgIpc) is 3.35. The van der Waals surface area contributed by atoms with E-state index < -0.39 is 0 Å². The molecule has 3 heterocycles. The first-order chi connectivity index (χ1) is 15.6. The van der Waals surface area contributed by atoms with Crippen LogP contribution in [0.5, 0.6) is 5.75 Å². The van der Waals surface area contributed by atoms with E-state index in [9.17, 15) is 9.18 Å². The summed E-state index contributed by atoms with van der Waals surface area (Å²) >= 11 is 0. The Labute approximate surface area is 184 Å². The van der Waals surface area contributed by atoms with Crippen LogP contribution in [0.2, 0.25) is 0 Å². The molecular weight excluding hydrogens is 409 g/mol. The van der Waals surface area contributed by atoms with Crippen LogP contribution in [-0.4, -0.2) is 49.5 Å². The van der Waals surface area contributed by atoms with Gasteiger partial charge in [0.05, 0.1) is 30.2 Å². The number of carbonyl (C=O) groups excluding carboxylic acids is 1. The summed E-state index contributed by atoms with van der Waals surface area (Å²) in [5.41, 5.74) is 1.45. The lowest BCUT2D eigenvalue weighted by Crippen LogP contribution is -2.49. The van der Waals surface area contributed by atoms with Gasteiger partial charge in [0.15, 0.2) is 0 Å². The van der Waals surface area contributed by atoms with Crippen molar-refractivity contribution in [2.45, 2.75) is 31.9 Å². The number of para-hydroxylation sites is 2. The molecule has 4 aromatic rings. The Kier molecular flexibility index (Phi) is 5.26. The molecule has 7 nitrogen and oxygen atoms in total. The second-order valence-corrected chi connectivity index (χ2v) is 7.90. The molecule has 0 saturated carbocycles. The first-order valence-electron chi connectivity index (χ1n) is 10.6.